The first-order valence-electron chi connectivity index (χ1n) is 8.64. The highest BCUT2D eigenvalue weighted by molar-refractivity contribution is 5.94. The molecule has 1 N–H and O–H groups in total. The minimum atomic E-state index is -4.53. The van der Waals surface area contributed by atoms with Crippen molar-refractivity contribution in [3.8, 4) is 5.75 Å². The van der Waals surface area contributed by atoms with E-state index in [-0.39, 0.29) is 31.2 Å². The van der Waals surface area contributed by atoms with E-state index in [1.807, 2.05) is 6.92 Å². The van der Waals surface area contributed by atoms with Gasteiger partial charge in [-0.25, -0.2) is 0 Å². The van der Waals surface area contributed by atoms with Crippen LogP contribution >= 0.6 is 0 Å². The molecule has 1 aromatic carbocycles. The third-order valence-corrected chi connectivity index (χ3v) is 4.20. The van der Waals surface area contributed by atoms with E-state index in [1.165, 1.54) is 4.68 Å². The van der Waals surface area contributed by atoms with Gasteiger partial charge < -0.3 is 14.8 Å². The Morgan fingerprint density at radius 1 is 1.33 bits per heavy atom. The lowest BCUT2D eigenvalue weighted by molar-refractivity contribution is -0.142. The van der Waals surface area contributed by atoms with E-state index in [4.69, 9.17) is 9.47 Å². The number of carbonyl (C=O) groups excluding carboxylic acids is 1. The zero-order chi connectivity index (χ0) is 19.4. The summed E-state index contributed by atoms with van der Waals surface area (Å²) in [6.45, 7) is 2.98. The molecule has 9 heteroatoms. The second kappa shape index (κ2) is 7.99. The molecule has 2 aromatic rings. The van der Waals surface area contributed by atoms with E-state index >= 15 is 0 Å². The smallest absolute Gasteiger partial charge is 0.435 e. The predicted octanol–water partition coefficient (Wildman–Crippen LogP) is 2.80. The number of benzene rings is 1. The molecule has 0 bridgehead atoms. The van der Waals surface area contributed by atoms with E-state index in [0.717, 1.165) is 0 Å². The number of nitrogens with zero attached hydrogens (tertiary/aromatic N) is 2. The van der Waals surface area contributed by atoms with Gasteiger partial charge in [0.2, 0.25) is 0 Å². The van der Waals surface area contributed by atoms with Crippen LogP contribution in [-0.2, 0) is 30.5 Å². The monoisotopic (exact) mass is 383 g/mol. The summed E-state index contributed by atoms with van der Waals surface area (Å²) < 4.78 is 51.2. The summed E-state index contributed by atoms with van der Waals surface area (Å²) >= 11 is 0. The predicted molar refractivity (Wildman–Crippen MR) is 90.5 cm³/mol. The van der Waals surface area contributed by atoms with E-state index in [0.29, 0.717) is 36.6 Å². The Morgan fingerprint density at radius 3 is 2.74 bits per heavy atom. The molecule has 0 fully saturated rings. The van der Waals surface area contributed by atoms with Crippen LogP contribution in [-0.4, -0.2) is 35.4 Å². The van der Waals surface area contributed by atoms with Crippen molar-refractivity contribution in [1.29, 1.82) is 0 Å². The number of amides is 1. The lowest BCUT2D eigenvalue weighted by atomic mass is 10.1. The largest absolute Gasteiger partial charge is 0.494 e. The van der Waals surface area contributed by atoms with Crippen LogP contribution in [0.25, 0.3) is 0 Å². The Balaban J connectivity index is 1.63. The maximum absolute atomic E-state index is 13.1. The van der Waals surface area contributed by atoms with Crippen molar-refractivity contribution in [2.75, 3.05) is 19.8 Å². The molecule has 3 rings (SSSR count). The van der Waals surface area contributed by atoms with Crippen LogP contribution in [0, 0.1) is 0 Å². The normalized spacial score (nSPS) is 13.9. The van der Waals surface area contributed by atoms with Crippen molar-refractivity contribution in [2.24, 2.45) is 0 Å². The fourth-order valence-corrected chi connectivity index (χ4v) is 2.97. The van der Waals surface area contributed by atoms with Gasteiger partial charge in [-0.1, -0.05) is 0 Å². The van der Waals surface area contributed by atoms with Crippen LogP contribution in [0.1, 0.15) is 34.2 Å². The van der Waals surface area contributed by atoms with E-state index < -0.39 is 11.9 Å². The molecule has 0 saturated carbocycles. The number of rotatable bonds is 6. The first-order valence-corrected chi connectivity index (χ1v) is 8.64. The molecule has 0 radical (unpaired) electrons. The Morgan fingerprint density at radius 2 is 2.07 bits per heavy atom. The first-order chi connectivity index (χ1) is 12.9. The average molecular weight is 383 g/mol. The Hall–Kier alpha value is -2.55. The molecule has 1 aromatic heterocycles. The van der Waals surface area contributed by atoms with Crippen LogP contribution in [0.2, 0.25) is 0 Å². The lowest BCUT2D eigenvalue weighted by Gasteiger charge is -2.15. The third kappa shape index (κ3) is 4.41. The van der Waals surface area contributed by atoms with Crippen molar-refractivity contribution in [1.82, 2.24) is 15.1 Å². The molecule has 146 valence electrons. The summed E-state index contributed by atoms with van der Waals surface area (Å²) in [5, 5.41) is 6.41. The summed E-state index contributed by atoms with van der Waals surface area (Å²) in [5.41, 5.74) is 0.149. The minimum Gasteiger partial charge on any atom is -0.494 e. The van der Waals surface area contributed by atoms with Gasteiger partial charge in [0.15, 0.2) is 5.69 Å². The fourth-order valence-electron chi connectivity index (χ4n) is 2.97. The molecule has 0 unspecified atom stereocenters. The van der Waals surface area contributed by atoms with Crippen LogP contribution in [0.5, 0.6) is 5.75 Å². The SMILES string of the molecule is CCOc1ccc(C(=O)NCCn2nc(C(F)(F)F)c3c2CCOC3)cc1. The molecule has 0 atom stereocenters. The summed E-state index contributed by atoms with van der Waals surface area (Å²) in [6.07, 6.45) is -4.16. The summed E-state index contributed by atoms with van der Waals surface area (Å²) in [7, 11) is 0. The van der Waals surface area contributed by atoms with Crippen LogP contribution < -0.4 is 10.1 Å². The quantitative estimate of drug-likeness (QED) is 0.833. The van der Waals surface area contributed by atoms with Crippen LogP contribution in [0.15, 0.2) is 24.3 Å². The lowest BCUT2D eigenvalue weighted by Crippen LogP contribution is -2.28. The second-order valence-electron chi connectivity index (χ2n) is 6.01. The highest BCUT2D eigenvalue weighted by atomic mass is 19.4. The molecular weight excluding hydrogens is 363 g/mol. The van der Waals surface area contributed by atoms with Gasteiger partial charge in [-0.3, -0.25) is 9.48 Å². The van der Waals surface area contributed by atoms with Gasteiger partial charge in [0, 0.05) is 29.8 Å². The highest BCUT2D eigenvalue weighted by Gasteiger charge is 2.39. The molecule has 2 heterocycles. The van der Waals surface area contributed by atoms with Crippen molar-refractivity contribution in [3.05, 3.63) is 46.8 Å². The summed E-state index contributed by atoms with van der Waals surface area (Å²) in [4.78, 5) is 12.2. The molecule has 0 saturated heterocycles. The van der Waals surface area contributed by atoms with Gasteiger partial charge in [-0.2, -0.15) is 18.3 Å². The summed E-state index contributed by atoms with van der Waals surface area (Å²) in [5.74, 6) is 0.359. The van der Waals surface area contributed by atoms with Gasteiger partial charge in [0.25, 0.3) is 5.91 Å². The molecule has 1 aliphatic rings. The molecule has 6 nitrogen and oxygen atoms in total. The number of nitrogens with one attached hydrogen (secondary N) is 1. The second-order valence-corrected chi connectivity index (χ2v) is 6.01. The van der Waals surface area contributed by atoms with E-state index in [1.54, 1.807) is 24.3 Å². The standard InChI is InChI=1S/C18H20F3N3O3/c1-2-27-13-5-3-12(4-6-13)17(25)22-8-9-24-15-7-10-26-11-14(15)16(23-24)18(19,20)21/h3-6H,2,7-11H2,1H3,(H,22,25). The van der Waals surface area contributed by atoms with Crippen molar-refractivity contribution < 1.29 is 27.4 Å². The van der Waals surface area contributed by atoms with Gasteiger partial charge in [0.1, 0.15) is 5.75 Å². The molecule has 0 aliphatic carbocycles. The third-order valence-electron chi connectivity index (χ3n) is 4.20. The molecule has 27 heavy (non-hydrogen) atoms. The average Bonchev–Trinajstić information content (AvgIpc) is 3.02. The number of alkyl halides is 3. The topological polar surface area (TPSA) is 65.4 Å². The Labute approximate surface area is 154 Å². The van der Waals surface area contributed by atoms with Crippen molar-refractivity contribution in [3.63, 3.8) is 0 Å². The highest BCUT2D eigenvalue weighted by Crippen LogP contribution is 2.34. The molecule has 0 spiro atoms. The molecular formula is C18H20F3N3O3. The number of halogens is 3. The van der Waals surface area contributed by atoms with Gasteiger partial charge >= 0.3 is 6.18 Å². The van der Waals surface area contributed by atoms with E-state index in [2.05, 4.69) is 10.4 Å². The number of aromatic nitrogens is 2. The zero-order valence-electron chi connectivity index (χ0n) is 14.8. The number of fused-ring (bicyclic) bond motifs is 1. The Kier molecular flexibility index (Phi) is 5.69. The first kappa shape index (κ1) is 19.2. The van der Waals surface area contributed by atoms with Crippen LogP contribution in [0.3, 0.4) is 0 Å². The minimum absolute atomic E-state index is 0.0894. The number of hydrogen-bond acceptors (Lipinski definition) is 4. The van der Waals surface area contributed by atoms with Crippen molar-refractivity contribution >= 4 is 5.91 Å². The fraction of sp³-hybridized carbons (Fsp3) is 0.444. The van der Waals surface area contributed by atoms with Crippen LogP contribution in [0.4, 0.5) is 13.2 Å². The zero-order valence-corrected chi connectivity index (χ0v) is 14.8. The molecule has 1 aliphatic heterocycles. The van der Waals surface area contributed by atoms with E-state index in [9.17, 15) is 18.0 Å². The maximum Gasteiger partial charge on any atom is 0.435 e. The van der Waals surface area contributed by atoms with Crippen molar-refractivity contribution in [2.45, 2.75) is 32.7 Å². The molecule has 1 amide bonds. The Bertz CT molecular complexity index is 801. The van der Waals surface area contributed by atoms with Gasteiger partial charge in [-0.15, -0.1) is 0 Å². The summed E-state index contributed by atoms with van der Waals surface area (Å²) in [6, 6.07) is 6.65. The number of carbonyl (C=O) groups is 1. The van der Waals surface area contributed by atoms with Gasteiger partial charge in [-0.05, 0) is 31.2 Å². The maximum atomic E-state index is 13.1. The number of hydrogen-bond donors (Lipinski definition) is 1. The van der Waals surface area contributed by atoms with Gasteiger partial charge in [0.05, 0.1) is 26.4 Å². The number of ether oxygens (including phenoxy) is 2.